The number of Topliss-reactive ketones (excluding diaryl/α,β-unsaturated/α-hetero) is 1. The van der Waals surface area contributed by atoms with Crippen molar-refractivity contribution < 1.29 is 9.90 Å². The molecule has 2 nitrogen and oxygen atoms in total. The predicted molar refractivity (Wildman–Crippen MR) is 71.1 cm³/mol. The molecule has 0 amide bonds. The molecule has 5 atom stereocenters. The van der Waals surface area contributed by atoms with E-state index in [9.17, 15) is 9.90 Å². The number of carbonyl (C=O) groups excluding carboxylic acids is 1. The lowest BCUT2D eigenvalue weighted by Crippen LogP contribution is -2.53. The third kappa shape index (κ3) is 2.03. The molecule has 0 saturated heterocycles. The van der Waals surface area contributed by atoms with E-state index < -0.39 is 0 Å². The first-order valence-corrected chi connectivity index (χ1v) is 7.73. The zero-order valence-electron chi connectivity index (χ0n) is 11.5. The molecule has 0 spiro atoms. The van der Waals surface area contributed by atoms with Gasteiger partial charge in [-0.3, -0.25) is 0 Å². The predicted octanol–water partition coefficient (Wildman–Crippen LogP) is 3.18. The Morgan fingerprint density at radius 1 is 1.22 bits per heavy atom. The molecule has 4 fully saturated rings. The first-order chi connectivity index (χ1) is 8.63. The van der Waals surface area contributed by atoms with Gasteiger partial charge in [0.2, 0.25) is 0 Å². The molecule has 4 rings (SSSR count). The molecule has 18 heavy (non-hydrogen) atoms. The van der Waals surface area contributed by atoms with Crippen LogP contribution in [0.1, 0.15) is 58.3 Å². The normalized spacial score (nSPS) is 45.4. The minimum Gasteiger partial charge on any atom is -0.396 e. The summed E-state index contributed by atoms with van der Waals surface area (Å²) in [4.78, 5) is 11.3. The Kier molecular flexibility index (Phi) is 3.25. The Bertz CT molecular complexity index is 322. The second-order valence-corrected chi connectivity index (χ2v) is 7.29. The molecule has 102 valence electrons. The summed E-state index contributed by atoms with van der Waals surface area (Å²) in [5.41, 5.74) is 0.402. The van der Waals surface area contributed by atoms with Gasteiger partial charge in [-0.25, -0.2) is 0 Å². The standard InChI is InChI=1S/C16H26O2/c1-11(18)2-3-15-14-7-12-6-13(8-14)10-16(15,9-12)4-5-17/h12-15,17H,2-10H2,1H3/t12-,13+,14?,15?,16?. The minimum absolute atomic E-state index is 0.336. The highest BCUT2D eigenvalue weighted by atomic mass is 16.3. The smallest absolute Gasteiger partial charge is 0.129 e. The summed E-state index contributed by atoms with van der Waals surface area (Å²) in [5.74, 6) is 3.79. The SMILES string of the molecule is CC(=O)CCC1C2C[C@@H]3C[C@H](C2)CC1(CCO)C3. The summed E-state index contributed by atoms with van der Waals surface area (Å²) in [6.45, 7) is 2.05. The van der Waals surface area contributed by atoms with Crippen LogP contribution in [0.5, 0.6) is 0 Å². The molecule has 4 bridgehead atoms. The minimum atomic E-state index is 0.336. The molecular formula is C16H26O2. The highest BCUT2D eigenvalue weighted by Crippen LogP contribution is 2.65. The molecule has 0 aromatic carbocycles. The largest absolute Gasteiger partial charge is 0.396 e. The molecule has 2 heteroatoms. The quantitative estimate of drug-likeness (QED) is 0.813. The Hall–Kier alpha value is -0.370. The van der Waals surface area contributed by atoms with E-state index >= 15 is 0 Å². The lowest BCUT2D eigenvalue weighted by atomic mass is 9.43. The Labute approximate surface area is 110 Å². The lowest BCUT2D eigenvalue weighted by Gasteiger charge is -2.61. The van der Waals surface area contributed by atoms with Crippen molar-refractivity contribution >= 4 is 5.78 Å². The zero-order chi connectivity index (χ0) is 12.8. The van der Waals surface area contributed by atoms with Gasteiger partial charge < -0.3 is 9.90 Å². The van der Waals surface area contributed by atoms with Gasteiger partial charge >= 0.3 is 0 Å². The molecule has 4 aliphatic carbocycles. The van der Waals surface area contributed by atoms with Crippen LogP contribution in [0.2, 0.25) is 0 Å². The third-order valence-corrected chi connectivity index (χ3v) is 6.10. The van der Waals surface area contributed by atoms with E-state index in [4.69, 9.17) is 0 Å². The van der Waals surface area contributed by atoms with Gasteiger partial charge in [0.15, 0.2) is 0 Å². The lowest BCUT2D eigenvalue weighted by molar-refractivity contribution is -0.128. The molecule has 0 aromatic rings. The van der Waals surface area contributed by atoms with Crippen LogP contribution < -0.4 is 0 Å². The second kappa shape index (κ2) is 4.63. The van der Waals surface area contributed by atoms with Crippen molar-refractivity contribution in [3.05, 3.63) is 0 Å². The van der Waals surface area contributed by atoms with Crippen molar-refractivity contribution in [2.75, 3.05) is 6.61 Å². The number of rotatable bonds is 5. The van der Waals surface area contributed by atoms with Crippen LogP contribution >= 0.6 is 0 Å². The molecule has 0 aromatic heterocycles. The third-order valence-electron chi connectivity index (χ3n) is 6.10. The van der Waals surface area contributed by atoms with E-state index in [0.717, 1.165) is 42.9 Å². The van der Waals surface area contributed by atoms with E-state index in [0.29, 0.717) is 17.8 Å². The highest BCUT2D eigenvalue weighted by Gasteiger charge is 2.55. The Morgan fingerprint density at radius 3 is 2.44 bits per heavy atom. The zero-order valence-corrected chi connectivity index (χ0v) is 11.5. The molecule has 4 saturated carbocycles. The summed E-state index contributed by atoms with van der Waals surface area (Å²) in [6, 6.07) is 0. The topological polar surface area (TPSA) is 37.3 Å². The Balaban J connectivity index is 1.79. The van der Waals surface area contributed by atoms with E-state index in [1.165, 1.54) is 32.1 Å². The van der Waals surface area contributed by atoms with Gasteiger partial charge in [0.25, 0.3) is 0 Å². The van der Waals surface area contributed by atoms with Gasteiger partial charge in [-0.2, -0.15) is 0 Å². The Morgan fingerprint density at radius 2 is 1.89 bits per heavy atom. The van der Waals surface area contributed by atoms with Crippen molar-refractivity contribution in [2.24, 2.45) is 29.1 Å². The van der Waals surface area contributed by atoms with Crippen LogP contribution in [-0.2, 0) is 4.79 Å². The highest BCUT2D eigenvalue weighted by molar-refractivity contribution is 5.75. The fourth-order valence-corrected chi connectivity index (χ4v) is 5.83. The first kappa shape index (κ1) is 12.7. The van der Waals surface area contributed by atoms with Crippen LogP contribution in [0.15, 0.2) is 0 Å². The van der Waals surface area contributed by atoms with Gasteiger partial charge in [0.05, 0.1) is 0 Å². The van der Waals surface area contributed by atoms with E-state index in [1.54, 1.807) is 6.92 Å². The van der Waals surface area contributed by atoms with Crippen LogP contribution in [0, 0.1) is 29.1 Å². The van der Waals surface area contributed by atoms with E-state index in [2.05, 4.69) is 0 Å². The maximum absolute atomic E-state index is 11.3. The van der Waals surface area contributed by atoms with Crippen molar-refractivity contribution in [1.29, 1.82) is 0 Å². The maximum Gasteiger partial charge on any atom is 0.129 e. The fraction of sp³-hybridized carbons (Fsp3) is 0.938. The van der Waals surface area contributed by atoms with Gasteiger partial charge in [-0.1, -0.05) is 0 Å². The number of aliphatic hydroxyl groups excluding tert-OH is 1. The van der Waals surface area contributed by atoms with Gasteiger partial charge in [-0.15, -0.1) is 0 Å². The molecule has 3 unspecified atom stereocenters. The number of carbonyl (C=O) groups is 1. The summed E-state index contributed by atoms with van der Waals surface area (Å²) in [7, 11) is 0. The van der Waals surface area contributed by atoms with Gasteiger partial charge in [0.1, 0.15) is 5.78 Å². The average Bonchev–Trinajstić information content (AvgIpc) is 2.26. The van der Waals surface area contributed by atoms with E-state index in [-0.39, 0.29) is 0 Å². The molecule has 0 radical (unpaired) electrons. The monoisotopic (exact) mass is 250 g/mol. The molecule has 0 heterocycles. The van der Waals surface area contributed by atoms with E-state index in [1.807, 2.05) is 0 Å². The van der Waals surface area contributed by atoms with Crippen LogP contribution in [0.4, 0.5) is 0 Å². The van der Waals surface area contributed by atoms with Crippen molar-refractivity contribution in [2.45, 2.75) is 58.3 Å². The summed E-state index contributed by atoms with van der Waals surface area (Å²) in [6.07, 6.45) is 9.76. The van der Waals surface area contributed by atoms with Crippen LogP contribution in [0.3, 0.4) is 0 Å². The number of ketones is 1. The summed E-state index contributed by atoms with van der Waals surface area (Å²) in [5, 5.41) is 9.45. The van der Waals surface area contributed by atoms with Crippen molar-refractivity contribution in [3.63, 3.8) is 0 Å². The molecule has 4 aliphatic rings. The molecule has 0 aliphatic heterocycles. The van der Waals surface area contributed by atoms with Crippen LogP contribution in [-0.4, -0.2) is 17.5 Å². The van der Waals surface area contributed by atoms with Gasteiger partial charge in [-0.05, 0) is 81.0 Å². The number of hydrogen-bond acceptors (Lipinski definition) is 2. The molecular weight excluding hydrogens is 224 g/mol. The van der Waals surface area contributed by atoms with Crippen molar-refractivity contribution in [1.82, 2.24) is 0 Å². The molecule has 1 N–H and O–H groups in total. The average molecular weight is 250 g/mol. The summed E-state index contributed by atoms with van der Waals surface area (Å²) >= 11 is 0. The fourth-order valence-electron chi connectivity index (χ4n) is 5.83. The first-order valence-electron chi connectivity index (χ1n) is 7.73. The van der Waals surface area contributed by atoms with Crippen LogP contribution in [0.25, 0.3) is 0 Å². The number of hydrogen-bond donors (Lipinski definition) is 1. The number of aliphatic hydroxyl groups is 1. The maximum atomic E-state index is 11.3. The summed E-state index contributed by atoms with van der Waals surface area (Å²) < 4.78 is 0. The van der Waals surface area contributed by atoms with Gasteiger partial charge in [0, 0.05) is 13.0 Å². The second-order valence-electron chi connectivity index (χ2n) is 7.29. The van der Waals surface area contributed by atoms with Crippen molar-refractivity contribution in [3.8, 4) is 0 Å².